The van der Waals surface area contributed by atoms with Gasteiger partial charge in [-0.1, -0.05) is 0 Å². The molecule has 0 bridgehead atoms. The number of hydrogen-bond acceptors (Lipinski definition) is 2. The first kappa shape index (κ1) is 10.9. The van der Waals surface area contributed by atoms with Crippen molar-refractivity contribution in [2.45, 2.75) is 25.8 Å². The number of carbonyl (C=O) groups excluding carboxylic acids is 1. The normalized spacial score (nSPS) is 14.9. The molecular formula is C12H15FN2O. The van der Waals surface area contributed by atoms with E-state index in [1.54, 1.807) is 11.0 Å². The van der Waals surface area contributed by atoms with Crippen LogP contribution in [-0.4, -0.2) is 23.4 Å². The van der Waals surface area contributed by atoms with Crippen molar-refractivity contribution in [2.24, 2.45) is 0 Å². The van der Waals surface area contributed by atoms with E-state index < -0.39 is 5.82 Å². The van der Waals surface area contributed by atoms with Crippen LogP contribution in [0.1, 0.15) is 30.1 Å². The van der Waals surface area contributed by atoms with Crippen LogP contribution in [0.15, 0.2) is 18.2 Å². The van der Waals surface area contributed by atoms with E-state index in [1.807, 2.05) is 6.92 Å². The SMILES string of the molecule is CCN(C(=O)c1ccc(N)cc1F)C1CC1. The molecule has 1 aliphatic rings. The largest absolute Gasteiger partial charge is 0.399 e. The number of carbonyl (C=O) groups is 1. The molecule has 0 heterocycles. The lowest BCUT2D eigenvalue weighted by molar-refractivity contribution is 0.0748. The van der Waals surface area contributed by atoms with Crippen molar-refractivity contribution in [3.8, 4) is 0 Å². The Labute approximate surface area is 94.0 Å². The van der Waals surface area contributed by atoms with E-state index >= 15 is 0 Å². The molecule has 2 N–H and O–H groups in total. The fourth-order valence-electron chi connectivity index (χ4n) is 1.81. The molecule has 0 saturated heterocycles. The third-order valence-electron chi connectivity index (χ3n) is 2.81. The van der Waals surface area contributed by atoms with Gasteiger partial charge in [-0.05, 0) is 38.0 Å². The van der Waals surface area contributed by atoms with Crippen LogP contribution in [0, 0.1) is 5.82 Å². The molecule has 0 atom stereocenters. The van der Waals surface area contributed by atoms with Gasteiger partial charge in [-0.15, -0.1) is 0 Å². The van der Waals surface area contributed by atoms with Crippen LogP contribution >= 0.6 is 0 Å². The Morgan fingerprint density at radius 3 is 2.75 bits per heavy atom. The van der Waals surface area contributed by atoms with Gasteiger partial charge in [0, 0.05) is 18.3 Å². The van der Waals surface area contributed by atoms with Gasteiger partial charge in [-0.2, -0.15) is 0 Å². The average Bonchev–Trinajstić information content (AvgIpc) is 3.02. The third-order valence-corrected chi connectivity index (χ3v) is 2.81. The highest BCUT2D eigenvalue weighted by Gasteiger charge is 2.32. The van der Waals surface area contributed by atoms with Crippen LogP contribution in [0.25, 0.3) is 0 Å². The summed E-state index contributed by atoms with van der Waals surface area (Å²) in [5.41, 5.74) is 5.89. The van der Waals surface area contributed by atoms with Gasteiger partial charge in [0.05, 0.1) is 5.56 Å². The van der Waals surface area contributed by atoms with Crippen LogP contribution in [-0.2, 0) is 0 Å². The number of nitrogen functional groups attached to an aromatic ring is 1. The molecule has 2 rings (SSSR count). The second kappa shape index (κ2) is 4.12. The van der Waals surface area contributed by atoms with Gasteiger partial charge in [-0.25, -0.2) is 4.39 Å². The average molecular weight is 222 g/mol. The lowest BCUT2D eigenvalue weighted by atomic mass is 10.1. The molecule has 1 fully saturated rings. The lowest BCUT2D eigenvalue weighted by Crippen LogP contribution is -2.33. The zero-order valence-electron chi connectivity index (χ0n) is 9.24. The number of benzene rings is 1. The van der Waals surface area contributed by atoms with E-state index in [0.29, 0.717) is 18.3 Å². The Balaban J connectivity index is 2.25. The second-order valence-corrected chi connectivity index (χ2v) is 4.06. The molecule has 0 radical (unpaired) electrons. The molecule has 0 aliphatic heterocycles. The first-order chi connectivity index (χ1) is 7.63. The van der Waals surface area contributed by atoms with Crippen molar-refractivity contribution in [2.75, 3.05) is 12.3 Å². The van der Waals surface area contributed by atoms with Gasteiger partial charge < -0.3 is 10.6 Å². The van der Waals surface area contributed by atoms with Crippen molar-refractivity contribution in [3.63, 3.8) is 0 Å². The fraction of sp³-hybridized carbons (Fsp3) is 0.417. The van der Waals surface area contributed by atoms with Crippen LogP contribution in [0.2, 0.25) is 0 Å². The highest BCUT2D eigenvalue weighted by Crippen LogP contribution is 2.28. The molecule has 4 heteroatoms. The summed E-state index contributed by atoms with van der Waals surface area (Å²) in [6.45, 7) is 2.53. The summed E-state index contributed by atoms with van der Waals surface area (Å²) in [6, 6.07) is 4.50. The Hall–Kier alpha value is -1.58. The highest BCUT2D eigenvalue weighted by atomic mass is 19.1. The number of rotatable bonds is 3. The molecule has 1 saturated carbocycles. The Morgan fingerprint density at radius 1 is 1.56 bits per heavy atom. The molecule has 1 amide bonds. The van der Waals surface area contributed by atoms with Gasteiger partial charge in [-0.3, -0.25) is 4.79 Å². The third kappa shape index (κ3) is 2.01. The highest BCUT2D eigenvalue weighted by molar-refractivity contribution is 5.95. The van der Waals surface area contributed by atoms with Gasteiger partial charge in [0.25, 0.3) is 5.91 Å². The molecule has 1 aliphatic carbocycles. The standard InChI is InChI=1S/C12H15FN2O/c1-2-15(9-4-5-9)12(16)10-6-3-8(14)7-11(10)13/h3,6-7,9H,2,4-5,14H2,1H3. The van der Waals surface area contributed by atoms with E-state index in [2.05, 4.69) is 0 Å². The van der Waals surface area contributed by atoms with Crippen molar-refractivity contribution in [3.05, 3.63) is 29.6 Å². The van der Waals surface area contributed by atoms with Gasteiger partial charge in [0.2, 0.25) is 0 Å². The molecule has 0 aromatic heterocycles. The number of nitrogens with two attached hydrogens (primary N) is 1. The molecule has 3 nitrogen and oxygen atoms in total. The quantitative estimate of drug-likeness (QED) is 0.795. The van der Waals surface area contributed by atoms with E-state index in [9.17, 15) is 9.18 Å². The maximum Gasteiger partial charge on any atom is 0.257 e. The predicted molar refractivity (Wildman–Crippen MR) is 60.5 cm³/mol. The molecular weight excluding hydrogens is 207 g/mol. The van der Waals surface area contributed by atoms with Gasteiger partial charge in [0.1, 0.15) is 5.82 Å². The first-order valence-corrected chi connectivity index (χ1v) is 5.49. The van der Waals surface area contributed by atoms with Crippen LogP contribution in [0.4, 0.5) is 10.1 Å². The van der Waals surface area contributed by atoms with E-state index in [1.165, 1.54) is 12.1 Å². The van der Waals surface area contributed by atoms with Crippen molar-refractivity contribution < 1.29 is 9.18 Å². The van der Waals surface area contributed by atoms with Crippen molar-refractivity contribution in [1.29, 1.82) is 0 Å². The zero-order valence-corrected chi connectivity index (χ0v) is 9.24. The van der Waals surface area contributed by atoms with E-state index in [-0.39, 0.29) is 11.5 Å². The van der Waals surface area contributed by atoms with Crippen LogP contribution in [0.5, 0.6) is 0 Å². The monoisotopic (exact) mass is 222 g/mol. The Kier molecular flexibility index (Phi) is 2.81. The maximum absolute atomic E-state index is 13.6. The van der Waals surface area contributed by atoms with Crippen LogP contribution in [0.3, 0.4) is 0 Å². The smallest absolute Gasteiger partial charge is 0.257 e. The number of hydrogen-bond donors (Lipinski definition) is 1. The van der Waals surface area contributed by atoms with Crippen LogP contribution < -0.4 is 5.73 Å². The summed E-state index contributed by atoms with van der Waals surface area (Å²) in [7, 11) is 0. The van der Waals surface area contributed by atoms with E-state index in [4.69, 9.17) is 5.73 Å². The zero-order chi connectivity index (χ0) is 11.7. The number of nitrogens with zero attached hydrogens (tertiary/aromatic N) is 1. The Bertz CT molecular complexity index is 415. The molecule has 0 spiro atoms. The van der Waals surface area contributed by atoms with Crippen molar-refractivity contribution in [1.82, 2.24) is 4.90 Å². The number of anilines is 1. The summed E-state index contributed by atoms with van der Waals surface area (Å²) < 4.78 is 13.6. The summed E-state index contributed by atoms with van der Waals surface area (Å²) in [5.74, 6) is -0.772. The topological polar surface area (TPSA) is 46.3 Å². The molecule has 1 aromatic carbocycles. The predicted octanol–water partition coefficient (Wildman–Crippen LogP) is 2.03. The summed E-state index contributed by atoms with van der Waals surface area (Å²) >= 11 is 0. The van der Waals surface area contributed by atoms with Crippen molar-refractivity contribution >= 4 is 11.6 Å². The summed E-state index contributed by atoms with van der Waals surface area (Å²) in [4.78, 5) is 13.8. The molecule has 86 valence electrons. The fourth-order valence-corrected chi connectivity index (χ4v) is 1.81. The molecule has 16 heavy (non-hydrogen) atoms. The first-order valence-electron chi connectivity index (χ1n) is 5.49. The Morgan fingerprint density at radius 2 is 2.25 bits per heavy atom. The van der Waals surface area contributed by atoms with Gasteiger partial charge >= 0.3 is 0 Å². The molecule has 1 aromatic rings. The lowest BCUT2D eigenvalue weighted by Gasteiger charge is -2.20. The maximum atomic E-state index is 13.6. The minimum absolute atomic E-state index is 0.114. The minimum atomic E-state index is -0.538. The summed E-state index contributed by atoms with van der Waals surface area (Å²) in [6.07, 6.45) is 2.05. The minimum Gasteiger partial charge on any atom is -0.399 e. The molecule has 0 unspecified atom stereocenters. The summed E-state index contributed by atoms with van der Waals surface area (Å²) in [5, 5.41) is 0. The van der Waals surface area contributed by atoms with Gasteiger partial charge in [0.15, 0.2) is 0 Å². The number of amides is 1. The number of halogens is 1. The van der Waals surface area contributed by atoms with E-state index in [0.717, 1.165) is 12.8 Å². The second-order valence-electron chi connectivity index (χ2n) is 4.06.